The maximum absolute atomic E-state index is 13.2. The number of Topliss-reactive ketones (excluding diaryl/α,β-unsaturated/α-hetero) is 1. The number of carboxylic acids is 1. The van der Waals surface area contributed by atoms with Crippen molar-refractivity contribution in [1.82, 2.24) is 0 Å². The lowest BCUT2D eigenvalue weighted by atomic mass is 9.84. The van der Waals surface area contributed by atoms with Crippen LogP contribution in [0.1, 0.15) is 45.4 Å². The summed E-state index contributed by atoms with van der Waals surface area (Å²) < 4.78 is 24.7. The molecule has 5 nitrogen and oxygen atoms in total. The van der Waals surface area contributed by atoms with Gasteiger partial charge in [0.25, 0.3) is 0 Å². The molecule has 0 saturated carbocycles. The molecule has 1 atom stereocenters. The molecule has 26 heavy (non-hydrogen) atoms. The number of rotatable bonds is 2. The Morgan fingerprint density at radius 3 is 2.54 bits per heavy atom. The minimum atomic E-state index is -1.19. The minimum Gasteiger partial charge on any atom is -0.482 e. The molecule has 2 heterocycles. The molecular weight excluding hydrogens is 339 g/mol. The maximum Gasteiger partial charge on any atom is 0.372 e. The second kappa shape index (κ2) is 5.42. The molecule has 6 heteroatoms. The third-order valence-corrected chi connectivity index (χ3v) is 4.82. The Kier molecular flexibility index (Phi) is 3.41. The van der Waals surface area contributed by atoms with Gasteiger partial charge >= 0.3 is 5.97 Å². The molecule has 0 radical (unpaired) electrons. The predicted molar refractivity (Wildman–Crippen MR) is 91.2 cm³/mol. The highest BCUT2D eigenvalue weighted by Crippen LogP contribution is 2.44. The zero-order chi connectivity index (χ0) is 18.6. The van der Waals surface area contributed by atoms with Crippen LogP contribution in [0.5, 0.6) is 5.75 Å². The summed E-state index contributed by atoms with van der Waals surface area (Å²) in [5.41, 5.74) is 0.815. The highest BCUT2D eigenvalue weighted by atomic mass is 19.1. The Morgan fingerprint density at radius 1 is 1.19 bits per heavy atom. The standard InChI is InChI=1S/C20H15FO5/c1-10-16-14(25-18(10)19(23)24)7-8-15-17(16)13(22)9-20(2,26-15)11-3-5-12(21)6-4-11/h3-8H,9H2,1-2H3,(H,23,24)/t20-/m0/s1. The second-order valence-electron chi connectivity index (χ2n) is 6.61. The van der Waals surface area contributed by atoms with Crippen LogP contribution in [-0.2, 0) is 5.60 Å². The molecule has 0 spiro atoms. The Bertz CT molecular complexity index is 1060. The molecule has 0 aliphatic carbocycles. The van der Waals surface area contributed by atoms with Crippen molar-refractivity contribution in [3.63, 3.8) is 0 Å². The average molecular weight is 354 g/mol. The number of fused-ring (bicyclic) bond motifs is 3. The van der Waals surface area contributed by atoms with Gasteiger partial charge in [-0.25, -0.2) is 9.18 Å². The molecule has 4 rings (SSSR count). The van der Waals surface area contributed by atoms with E-state index in [0.717, 1.165) is 0 Å². The van der Waals surface area contributed by atoms with E-state index in [1.165, 1.54) is 12.1 Å². The van der Waals surface area contributed by atoms with Gasteiger partial charge in [-0.1, -0.05) is 12.1 Å². The number of carbonyl (C=O) groups excluding carboxylic acids is 1. The van der Waals surface area contributed by atoms with E-state index in [1.807, 2.05) is 0 Å². The summed E-state index contributed by atoms with van der Waals surface area (Å²) >= 11 is 0. The lowest BCUT2D eigenvalue weighted by molar-refractivity contribution is 0.0506. The molecule has 0 fully saturated rings. The molecular formula is C20H15FO5. The minimum absolute atomic E-state index is 0.0533. The molecule has 0 amide bonds. The van der Waals surface area contributed by atoms with E-state index in [9.17, 15) is 19.1 Å². The number of halogens is 1. The van der Waals surface area contributed by atoms with Crippen molar-refractivity contribution in [1.29, 1.82) is 0 Å². The van der Waals surface area contributed by atoms with Gasteiger partial charge in [-0.15, -0.1) is 0 Å². The van der Waals surface area contributed by atoms with Crippen LogP contribution in [-0.4, -0.2) is 16.9 Å². The number of benzene rings is 2. The van der Waals surface area contributed by atoms with Crippen LogP contribution in [0, 0.1) is 12.7 Å². The molecule has 0 saturated heterocycles. The molecule has 1 aromatic heterocycles. The fraction of sp³-hybridized carbons (Fsp3) is 0.200. The van der Waals surface area contributed by atoms with Crippen molar-refractivity contribution in [2.24, 2.45) is 0 Å². The van der Waals surface area contributed by atoms with Crippen LogP contribution in [0.3, 0.4) is 0 Å². The number of hydrogen-bond donors (Lipinski definition) is 1. The van der Waals surface area contributed by atoms with Crippen LogP contribution >= 0.6 is 0 Å². The number of aromatic carboxylic acids is 1. The Hall–Kier alpha value is -3.15. The normalized spacial score (nSPS) is 19.3. The van der Waals surface area contributed by atoms with Gasteiger partial charge in [0.1, 0.15) is 22.8 Å². The third kappa shape index (κ3) is 2.29. The predicted octanol–water partition coefficient (Wildman–Crippen LogP) is 4.46. The number of carboxylic acid groups (broad SMARTS) is 1. The van der Waals surface area contributed by atoms with Gasteiger partial charge in [0.15, 0.2) is 5.78 Å². The van der Waals surface area contributed by atoms with E-state index in [1.54, 1.807) is 38.1 Å². The summed E-state index contributed by atoms with van der Waals surface area (Å²) in [6.07, 6.45) is 0.0533. The monoisotopic (exact) mass is 354 g/mol. The number of ketones is 1. The topological polar surface area (TPSA) is 76.7 Å². The number of furan rings is 1. The zero-order valence-electron chi connectivity index (χ0n) is 14.1. The Labute approximate surface area is 148 Å². The van der Waals surface area contributed by atoms with Gasteiger partial charge in [0.05, 0.1) is 12.0 Å². The molecule has 1 aliphatic rings. The summed E-state index contributed by atoms with van der Waals surface area (Å²) in [6, 6.07) is 9.04. The fourth-order valence-electron chi connectivity index (χ4n) is 3.52. The molecule has 1 N–H and O–H groups in total. The van der Waals surface area contributed by atoms with Crippen LogP contribution in [0.4, 0.5) is 4.39 Å². The maximum atomic E-state index is 13.2. The van der Waals surface area contributed by atoms with Gasteiger partial charge in [0, 0.05) is 10.9 Å². The first-order valence-electron chi connectivity index (χ1n) is 8.08. The van der Waals surface area contributed by atoms with Gasteiger partial charge in [-0.3, -0.25) is 4.79 Å². The summed E-state index contributed by atoms with van der Waals surface area (Å²) in [5.74, 6) is -1.55. The highest BCUT2D eigenvalue weighted by Gasteiger charge is 2.40. The molecule has 1 aliphatic heterocycles. The number of hydrogen-bond acceptors (Lipinski definition) is 4. The number of aryl methyl sites for hydroxylation is 1. The van der Waals surface area contributed by atoms with Gasteiger partial charge < -0.3 is 14.3 Å². The van der Waals surface area contributed by atoms with Crippen molar-refractivity contribution in [3.8, 4) is 5.75 Å². The fourth-order valence-corrected chi connectivity index (χ4v) is 3.52. The number of ether oxygens (including phenoxy) is 1. The van der Waals surface area contributed by atoms with E-state index in [4.69, 9.17) is 9.15 Å². The Morgan fingerprint density at radius 2 is 1.88 bits per heavy atom. The summed E-state index contributed by atoms with van der Waals surface area (Å²) in [5, 5.41) is 9.71. The molecule has 132 valence electrons. The summed E-state index contributed by atoms with van der Waals surface area (Å²) in [4.78, 5) is 24.3. The largest absolute Gasteiger partial charge is 0.482 e. The molecule has 0 unspecified atom stereocenters. The van der Waals surface area contributed by atoms with E-state index >= 15 is 0 Å². The molecule has 2 aromatic carbocycles. The molecule has 3 aromatic rings. The first-order valence-corrected chi connectivity index (χ1v) is 8.08. The van der Waals surface area contributed by atoms with Crippen LogP contribution in [0.25, 0.3) is 11.0 Å². The zero-order valence-corrected chi connectivity index (χ0v) is 14.1. The van der Waals surface area contributed by atoms with E-state index < -0.39 is 11.6 Å². The van der Waals surface area contributed by atoms with E-state index in [2.05, 4.69) is 0 Å². The lowest BCUT2D eigenvalue weighted by Gasteiger charge is -2.35. The van der Waals surface area contributed by atoms with Gasteiger partial charge in [-0.05, 0) is 43.7 Å². The second-order valence-corrected chi connectivity index (χ2v) is 6.61. The lowest BCUT2D eigenvalue weighted by Crippen LogP contribution is -2.36. The van der Waals surface area contributed by atoms with Crippen LogP contribution < -0.4 is 4.74 Å². The van der Waals surface area contributed by atoms with Crippen molar-refractivity contribution in [2.75, 3.05) is 0 Å². The Balaban J connectivity index is 1.88. The van der Waals surface area contributed by atoms with E-state index in [-0.39, 0.29) is 23.8 Å². The van der Waals surface area contributed by atoms with Gasteiger partial charge in [0.2, 0.25) is 5.76 Å². The van der Waals surface area contributed by atoms with Crippen molar-refractivity contribution < 1.29 is 28.2 Å². The third-order valence-electron chi connectivity index (χ3n) is 4.82. The number of carbonyl (C=O) groups is 2. The van der Waals surface area contributed by atoms with Crippen molar-refractivity contribution >= 4 is 22.7 Å². The smallest absolute Gasteiger partial charge is 0.372 e. The first kappa shape index (κ1) is 16.3. The van der Waals surface area contributed by atoms with Gasteiger partial charge in [-0.2, -0.15) is 0 Å². The summed E-state index contributed by atoms with van der Waals surface area (Å²) in [7, 11) is 0. The SMILES string of the molecule is Cc1c(C(=O)O)oc2ccc3c(c12)C(=O)C[C@@](C)(c1ccc(F)cc1)O3. The molecule has 0 bridgehead atoms. The quantitative estimate of drug-likeness (QED) is 0.735. The van der Waals surface area contributed by atoms with Crippen LogP contribution in [0.15, 0.2) is 40.8 Å². The highest BCUT2D eigenvalue weighted by molar-refractivity contribution is 6.13. The summed E-state index contributed by atoms with van der Waals surface area (Å²) in [6.45, 7) is 3.38. The van der Waals surface area contributed by atoms with Crippen LogP contribution in [0.2, 0.25) is 0 Å². The average Bonchev–Trinajstić information content (AvgIpc) is 2.92. The van der Waals surface area contributed by atoms with Crippen molar-refractivity contribution in [2.45, 2.75) is 25.9 Å². The van der Waals surface area contributed by atoms with Crippen molar-refractivity contribution in [3.05, 3.63) is 64.7 Å². The first-order chi connectivity index (χ1) is 12.3. The van der Waals surface area contributed by atoms with E-state index in [0.29, 0.717) is 33.4 Å².